The number of benzene rings is 1. The summed E-state index contributed by atoms with van der Waals surface area (Å²) in [5.41, 5.74) is -0.500. The van der Waals surface area contributed by atoms with E-state index in [1.165, 1.54) is 19.1 Å². The van der Waals surface area contributed by atoms with Gasteiger partial charge in [-0.05, 0) is 63.0 Å². The second-order valence-corrected chi connectivity index (χ2v) is 11.1. The van der Waals surface area contributed by atoms with Gasteiger partial charge in [0.2, 0.25) is 15.9 Å². The van der Waals surface area contributed by atoms with Crippen LogP contribution in [0.2, 0.25) is 0 Å². The molecule has 1 amide bonds. The zero-order chi connectivity index (χ0) is 24.7. The molecule has 4 rings (SSSR count). The molecule has 10 heteroatoms. The molecule has 1 atom stereocenters. The molecular weight excluding hydrogens is 461 g/mol. The highest BCUT2D eigenvalue weighted by Gasteiger charge is 2.46. The molecule has 1 saturated carbocycles. The number of carbonyl (C=O) groups excluding carboxylic acids is 2. The summed E-state index contributed by atoms with van der Waals surface area (Å²) in [6.45, 7) is 5.06. The van der Waals surface area contributed by atoms with Crippen molar-refractivity contribution in [2.24, 2.45) is 16.5 Å². The Morgan fingerprint density at radius 1 is 1.18 bits per heavy atom. The van der Waals surface area contributed by atoms with Crippen LogP contribution < -0.4 is 10.0 Å². The Morgan fingerprint density at radius 3 is 2.41 bits per heavy atom. The Balaban J connectivity index is 1.49. The van der Waals surface area contributed by atoms with Crippen LogP contribution in [0.1, 0.15) is 43.5 Å². The second kappa shape index (κ2) is 9.14. The molecule has 1 aliphatic heterocycles. The average molecular weight is 492 g/mol. The standard InChI is InChI=1S/C24H30FN3O5S/c1-16(29)18-5-7-21(20(25)13-18)27-9-11-28(12-10-27)23(30)24(2)14-19(34(26,31)32)6-8-22(24)33-15-17-3-4-17/h5-8,13,17H,3-4,9-12,14-15H2,1-2H3,(H2,26,31,32). The first-order valence-corrected chi connectivity index (χ1v) is 13.0. The minimum absolute atomic E-state index is 0.00612. The van der Waals surface area contributed by atoms with Gasteiger partial charge < -0.3 is 14.5 Å². The van der Waals surface area contributed by atoms with Crippen LogP contribution in [-0.4, -0.2) is 57.8 Å². The van der Waals surface area contributed by atoms with Crippen LogP contribution >= 0.6 is 0 Å². The number of amides is 1. The number of hydrogen-bond acceptors (Lipinski definition) is 6. The zero-order valence-electron chi connectivity index (χ0n) is 19.4. The number of ether oxygens (including phenoxy) is 1. The molecule has 2 N–H and O–H groups in total. The summed E-state index contributed by atoms with van der Waals surface area (Å²) in [6, 6.07) is 4.41. The Hall–Kier alpha value is -2.72. The van der Waals surface area contributed by atoms with Gasteiger partial charge in [0.25, 0.3) is 0 Å². The lowest BCUT2D eigenvalue weighted by molar-refractivity contribution is -0.141. The van der Waals surface area contributed by atoms with Gasteiger partial charge in [-0.15, -0.1) is 0 Å². The van der Waals surface area contributed by atoms with E-state index in [1.807, 2.05) is 4.90 Å². The van der Waals surface area contributed by atoms with Gasteiger partial charge in [0.15, 0.2) is 5.78 Å². The molecule has 0 radical (unpaired) electrons. The molecule has 184 valence electrons. The quantitative estimate of drug-likeness (QED) is 0.587. The SMILES string of the molecule is CC(=O)c1ccc(N2CCN(C(=O)C3(C)CC(S(N)(=O)=O)=CC=C3OCC3CC3)CC2)c(F)c1. The number of sulfonamides is 1. The van der Waals surface area contributed by atoms with Crippen LogP contribution in [0.3, 0.4) is 0 Å². The van der Waals surface area contributed by atoms with Crippen LogP contribution in [0, 0.1) is 17.2 Å². The van der Waals surface area contributed by atoms with E-state index in [4.69, 9.17) is 9.88 Å². The van der Waals surface area contributed by atoms with Crippen molar-refractivity contribution >= 4 is 27.4 Å². The third kappa shape index (κ3) is 5.02. The molecule has 34 heavy (non-hydrogen) atoms. The lowest BCUT2D eigenvalue weighted by Gasteiger charge is -2.42. The third-order valence-electron chi connectivity index (χ3n) is 6.76. The van der Waals surface area contributed by atoms with Crippen LogP contribution in [-0.2, 0) is 19.6 Å². The molecule has 8 nitrogen and oxygen atoms in total. The fourth-order valence-corrected chi connectivity index (χ4v) is 5.15. The smallest absolute Gasteiger partial charge is 0.236 e. The number of allylic oxidation sites excluding steroid dienone is 3. The number of primary sulfonamides is 1. The Kier molecular flexibility index (Phi) is 6.56. The number of rotatable bonds is 7. The maximum absolute atomic E-state index is 14.6. The van der Waals surface area contributed by atoms with Gasteiger partial charge >= 0.3 is 0 Å². The summed E-state index contributed by atoms with van der Waals surface area (Å²) in [5.74, 6) is -0.00624. The molecule has 0 bridgehead atoms. The number of ketones is 1. The van der Waals surface area contributed by atoms with Gasteiger partial charge in [-0.1, -0.05) is 0 Å². The molecule has 1 heterocycles. The number of hydrogen-bond donors (Lipinski definition) is 1. The minimum Gasteiger partial charge on any atom is -0.497 e. The Bertz CT molecular complexity index is 1170. The number of anilines is 1. The maximum Gasteiger partial charge on any atom is 0.236 e. The molecule has 0 aromatic heterocycles. The highest BCUT2D eigenvalue weighted by atomic mass is 32.2. The van der Waals surface area contributed by atoms with Crippen molar-refractivity contribution < 1.29 is 27.1 Å². The second-order valence-electron chi connectivity index (χ2n) is 9.47. The van der Waals surface area contributed by atoms with E-state index in [0.29, 0.717) is 55.7 Å². The largest absolute Gasteiger partial charge is 0.497 e. The normalized spacial score (nSPS) is 23.3. The topological polar surface area (TPSA) is 110 Å². The maximum atomic E-state index is 14.6. The monoisotopic (exact) mass is 491 g/mol. The number of nitrogens with two attached hydrogens (primary N) is 1. The summed E-state index contributed by atoms with van der Waals surface area (Å²) in [4.78, 5) is 28.6. The fourth-order valence-electron chi connectivity index (χ4n) is 4.40. The van der Waals surface area contributed by atoms with Crippen molar-refractivity contribution in [1.82, 2.24) is 4.90 Å². The van der Waals surface area contributed by atoms with Crippen LogP contribution in [0.25, 0.3) is 0 Å². The zero-order valence-corrected chi connectivity index (χ0v) is 20.2. The summed E-state index contributed by atoms with van der Waals surface area (Å²) < 4.78 is 44.6. The van der Waals surface area contributed by atoms with Gasteiger partial charge in [0.1, 0.15) is 17.0 Å². The lowest BCUT2D eigenvalue weighted by atomic mass is 9.79. The number of piperazine rings is 1. The number of Topliss-reactive ketones (excluding diaryl/α,β-unsaturated/α-hetero) is 1. The van der Waals surface area contributed by atoms with E-state index in [2.05, 4.69) is 0 Å². The van der Waals surface area contributed by atoms with E-state index in [0.717, 1.165) is 12.8 Å². The van der Waals surface area contributed by atoms with Gasteiger partial charge in [-0.25, -0.2) is 17.9 Å². The molecule has 0 spiro atoms. The Labute approximate surface area is 199 Å². The van der Waals surface area contributed by atoms with Crippen molar-refractivity contribution in [3.05, 3.63) is 52.4 Å². The molecule has 3 aliphatic rings. The summed E-state index contributed by atoms with van der Waals surface area (Å²) in [6.07, 6.45) is 5.07. The van der Waals surface area contributed by atoms with Crippen molar-refractivity contribution in [2.45, 2.75) is 33.1 Å². The predicted molar refractivity (Wildman–Crippen MR) is 126 cm³/mol. The highest BCUT2D eigenvalue weighted by Crippen LogP contribution is 2.42. The van der Waals surface area contributed by atoms with Crippen LogP contribution in [0.4, 0.5) is 10.1 Å². The van der Waals surface area contributed by atoms with Crippen LogP contribution in [0.15, 0.2) is 41.0 Å². The third-order valence-corrected chi connectivity index (χ3v) is 7.77. The van der Waals surface area contributed by atoms with Crippen molar-refractivity contribution in [3.63, 3.8) is 0 Å². The van der Waals surface area contributed by atoms with E-state index in [-0.39, 0.29) is 23.0 Å². The van der Waals surface area contributed by atoms with Gasteiger partial charge in [0, 0.05) is 38.2 Å². The number of halogens is 1. The molecule has 1 saturated heterocycles. The molecular formula is C24H30FN3O5S. The predicted octanol–water partition coefficient (Wildman–Crippen LogP) is 2.57. The first-order valence-electron chi connectivity index (χ1n) is 11.4. The molecule has 2 fully saturated rings. The van der Waals surface area contributed by atoms with E-state index in [1.54, 1.807) is 30.0 Å². The molecule has 1 aromatic rings. The minimum atomic E-state index is -3.95. The lowest BCUT2D eigenvalue weighted by Crippen LogP contribution is -2.54. The van der Waals surface area contributed by atoms with Crippen molar-refractivity contribution in [1.29, 1.82) is 0 Å². The van der Waals surface area contributed by atoms with Crippen molar-refractivity contribution in [3.8, 4) is 0 Å². The average Bonchev–Trinajstić information content (AvgIpc) is 3.61. The summed E-state index contributed by atoms with van der Waals surface area (Å²) in [7, 11) is -3.95. The first kappa shape index (κ1) is 24.4. The van der Waals surface area contributed by atoms with Crippen LogP contribution in [0.5, 0.6) is 0 Å². The summed E-state index contributed by atoms with van der Waals surface area (Å²) >= 11 is 0. The van der Waals surface area contributed by atoms with E-state index < -0.39 is 21.3 Å². The van der Waals surface area contributed by atoms with Gasteiger partial charge in [-0.2, -0.15) is 0 Å². The van der Waals surface area contributed by atoms with E-state index in [9.17, 15) is 22.4 Å². The number of nitrogens with zero attached hydrogens (tertiary/aromatic N) is 2. The van der Waals surface area contributed by atoms with E-state index >= 15 is 0 Å². The first-order chi connectivity index (χ1) is 16.0. The number of carbonyl (C=O) groups is 2. The molecule has 1 unspecified atom stereocenters. The van der Waals surface area contributed by atoms with Gasteiger partial charge in [-0.3, -0.25) is 9.59 Å². The molecule has 1 aromatic carbocycles. The fraction of sp³-hybridized carbons (Fsp3) is 0.500. The van der Waals surface area contributed by atoms with Crippen molar-refractivity contribution in [2.75, 3.05) is 37.7 Å². The molecule has 2 aliphatic carbocycles. The highest BCUT2D eigenvalue weighted by molar-refractivity contribution is 7.93. The Morgan fingerprint density at radius 2 is 1.85 bits per heavy atom. The summed E-state index contributed by atoms with van der Waals surface area (Å²) in [5, 5.41) is 5.36. The van der Waals surface area contributed by atoms with Gasteiger partial charge in [0.05, 0.1) is 17.2 Å².